The number of likely N-dealkylation sites (N-methyl/N-ethyl adjacent to an activating group) is 2. The van der Waals surface area contributed by atoms with Crippen LogP contribution in [0.5, 0.6) is 5.88 Å². The van der Waals surface area contributed by atoms with E-state index in [1.165, 1.54) is 0 Å². The van der Waals surface area contributed by atoms with Gasteiger partial charge in [-0.2, -0.15) is 0 Å². The number of likely N-dealkylation sites (tertiary alicyclic amines) is 1. The third kappa shape index (κ3) is 5.76. The number of hydrogen-bond acceptors (Lipinski definition) is 6. The number of rotatable bonds is 8. The number of aromatic amines is 1. The van der Waals surface area contributed by atoms with Crippen LogP contribution < -0.4 is 15.2 Å². The second-order valence-electron chi connectivity index (χ2n) is 8.22. The summed E-state index contributed by atoms with van der Waals surface area (Å²) in [4.78, 5) is 38.5. The van der Waals surface area contributed by atoms with Gasteiger partial charge < -0.3 is 24.4 Å². The number of pyridine rings is 2. The van der Waals surface area contributed by atoms with Crippen LogP contribution in [-0.2, 0) is 4.79 Å². The first-order valence-corrected chi connectivity index (χ1v) is 11.0. The van der Waals surface area contributed by atoms with Crippen LogP contribution in [-0.4, -0.2) is 79.1 Å². The molecular formula is C24H33N5O3. The first-order valence-electron chi connectivity index (χ1n) is 11.0. The van der Waals surface area contributed by atoms with Crippen molar-refractivity contribution in [3.05, 3.63) is 53.1 Å². The number of aromatic nitrogens is 2. The molecular weight excluding hydrogens is 406 g/mol. The maximum atomic E-state index is 12.8. The number of nitrogens with one attached hydrogen (secondary N) is 1. The lowest BCUT2D eigenvalue weighted by molar-refractivity contribution is -0.127. The zero-order valence-electron chi connectivity index (χ0n) is 19.4. The number of carbonyl (C=O) groups excluding carboxylic acids is 1. The van der Waals surface area contributed by atoms with Crippen molar-refractivity contribution in [1.82, 2.24) is 19.8 Å². The molecule has 1 aliphatic heterocycles. The fourth-order valence-electron chi connectivity index (χ4n) is 4.06. The van der Waals surface area contributed by atoms with Gasteiger partial charge in [0.05, 0.1) is 7.11 Å². The Morgan fingerprint density at radius 2 is 2.16 bits per heavy atom. The van der Waals surface area contributed by atoms with Crippen molar-refractivity contribution in [1.29, 1.82) is 0 Å². The van der Waals surface area contributed by atoms with Crippen LogP contribution in [0.1, 0.15) is 19.8 Å². The van der Waals surface area contributed by atoms with Gasteiger partial charge in [0.2, 0.25) is 11.8 Å². The summed E-state index contributed by atoms with van der Waals surface area (Å²) < 4.78 is 5.23. The molecule has 1 amide bonds. The molecule has 8 heteroatoms. The van der Waals surface area contributed by atoms with Gasteiger partial charge in [-0.05, 0) is 51.6 Å². The lowest BCUT2D eigenvalue weighted by Crippen LogP contribution is -2.50. The highest BCUT2D eigenvalue weighted by Gasteiger charge is 2.28. The van der Waals surface area contributed by atoms with E-state index in [4.69, 9.17) is 4.74 Å². The Balaban J connectivity index is 1.82. The minimum atomic E-state index is -0.133. The van der Waals surface area contributed by atoms with Crippen molar-refractivity contribution in [2.75, 3.05) is 52.3 Å². The van der Waals surface area contributed by atoms with Gasteiger partial charge in [0.25, 0.3) is 5.56 Å². The first kappa shape index (κ1) is 23.5. The van der Waals surface area contributed by atoms with Crippen LogP contribution in [0.2, 0.25) is 0 Å². The predicted octanol–water partition coefficient (Wildman–Crippen LogP) is 2.38. The maximum absolute atomic E-state index is 12.8. The summed E-state index contributed by atoms with van der Waals surface area (Å²) in [6.45, 7) is 4.79. The number of anilines is 1. The SMILES string of the molecule is CCN(c1cc(-c2ccnc(OC)c2)c[nH]c1=O)[C@@H]1CCCN(C(=O)/C=C/CN(C)C)C1. The van der Waals surface area contributed by atoms with Crippen LogP contribution in [0.15, 0.2) is 47.5 Å². The van der Waals surface area contributed by atoms with Gasteiger partial charge in [-0.1, -0.05) is 6.08 Å². The fourth-order valence-corrected chi connectivity index (χ4v) is 4.06. The topological polar surface area (TPSA) is 81.8 Å². The van der Waals surface area contributed by atoms with Gasteiger partial charge >= 0.3 is 0 Å². The fraction of sp³-hybridized carbons (Fsp3) is 0.458. The molecule has 0 saturated carbocycles. The predicted molar refractivity (Wildman–Crippen MR) is 127 cm³/mol. The molecule has 0 spiro atoms. The van der Waals surface area contributed by atoms with E-state index in [1.807, 2.05) is 55.1 Å². The summed E-state index contributed by atoms with van der Waals surface area (Å²) >= 11 is 0. The lowest BCUT2D eigenvalue weighted by Gasteiger charge is -2.39. The number of piperidine rings is 1. The van der Waals surface area contributed by atoms with Crippen molar-refractivity contribution >= 4 is 11.6 Å². The molecule has 1 saturated heterocycles. The van der Waals surface area contributed by atoms with Crippen LogP contribution in [0.3, 0.4) is 0 Å². The second kappa shape index (κ2) is 10.9. The minimum absolute atomic E-state index is 0.0270. The van der Waals surface area contributed by atoms with Gasteiger partial charge in [-0.3, -0.25) is 9.59 Å². The van der Waals surface area contributed by atoms with Gasteiger partial charge in [0.15, 0.2) is 0 Å². The zero-order chi connectivity index (χ0) is 23.1. The summed E-state index contributed by atoms with van der Waals surface area (Å²) in [5.41, 5.74) is 2.28. The Morgan fingerprint density at radius 1 is 1.34 bits per heavy atom. The molecule has 1 atom stereocenters. The van der Waals surface area contributed by atoms with Crippen molar-refractivity contribution < 1.29 is 9.53 Å². The van der Waals surface area contributed by atoms with Crippen molar-refractivity contribution in [2.45, 2.75) is 25.8 Å². The number of nitrogens with zero attached hydrogens (tertiary/aromatic N) is 4. The number of H-pyrrole nitrogens is 1. The molecule has 2 aromatic heterocycles. The third-order valence-corrected chi connectivity index (χ3v) is 5.69. The highest BCUT2D eigenvalue weighted by molar-refractivity contribution is 5.87. The molecule has 1 fully saturated rings. The Labute approximate surface area is 189 Å². The van der Waals surface area contributed by atoms with Crippen LogP contribution in [0.4, 0.5) is 5.69 Å². The molecule has 3 rings (SSSR count). The molecule has 0 aromatic carbocycles. The summed E-state index contributed by atoms with van der Waals surface area (Å²) in [6, 6.07) is 5.73. The van der Waals surface area contributed by atoms with E-state index < -0.39 is 0 Å². The van der Waals surface area contributed by atoms with Gasteiger partial charge in [-0.25, -0.2) is 4.98 Å². The normalized spacial score (nSPS) is 16.5. The number of amides is 1. The van der Waals surface area contributed by atoms with Crippen molar-refractivity contribution in [3.63, 3.8) is 0 Å². The van der Waals surface area contributed by atoms with Gasteiger partial charge in [0, 0.05) is 62.3 Å². The number of methoxy groups -OCH3 is 1. The van der Waals surface area contributed by atoms with Crippen molar-refractivity contribution in [2.24, 2.45) is 0 Å². The third-order valence-electron chi connectivity index (χ3n) is 5.69. The van der Waals surface area contributed by atoms with E-state index >= 15 is 0 Å². The Morgan fingerprint density at radius 3 is 2.88 bits per heavy atom. The molecule has 3 heterocycles. The molecule has 0 radical (unpaired) electrons. The van der Waals surface area contributed by atoms with E-state index in [9.17, 15) is 9.59 Å². The molecule has 1 aliphatic rings. The summed E-state index contributed by atoms with van der Waals surface area (Å²) in [5.74, 6) is 0.547. The highest BCUT2D eigenvalue weighted by atomic mass is 16.5. The lowest BCUT2D eigenvalue weighted by atomic mass is 10.0. The van der Waals surface area contributed by atoms with E-state index in [2.05, 4.69) is 14.9 Å². The average Bonchev–Trinajstić information content (AvgIpc) is 2.80. The van der Waals surface area contributed by atoms with Crippen LogP contribution in [0.25, 0.3) is 11.1 Å². The monoisotopic (exact) mass is 439 g/mol. The molecule has 1 N–H and O–H groups in total. The summed E-state index contributed by atoms with van der Waals surface area (Å²) in [5, 5.41) is 0. The minimum Gasteiger partial charge on any atom is -0.481 e. The zero-order valence-corrected chi connectivity index (χ0v) is 19.4. The summed E-state index contributed by atoms with van der Waals surface area (Å²) in [6.07, 6.45) is 8.79. The van der Waals surface area contributed by atoms with Crippen molar-refractivity contribution in [3.8, 4) is 17.0 Å². The van der Waals surface area contributed by atoms with E-state index in [-0.39, 0.29) is 17.5 Å². The second-order valence-corrected chi connectivity index (χ2v) is 8.22. The largest absolute Gasteiger partial charge is 0.481 e. The van der Waals surface area contributed by atoms with E-state index in [0.29, 0.717) is 24.7 Å². The van der Waals surface area contributed by atoms with E-state index in [0.717, 1.165) is 37.1 Å². The quantitative estimate of drug-likeness (QED) is 0.636. The number of hydrogen-bond donors (Lipinski definition) is 1. The van der Waals surface area contributed by atoms with Gasteiger partial charge in [0.1, 0.15) is 5.69 Å². The molecule has 2 aromatic rings. The Hall–Kier alpha value is -3.13. The molecule has 0 aliphatic carbocycles. The molecule has 0 unspecified atom stereocenters. The van der Waals surface area contributed by atoms with E-state index in [1.54, 1.807) is 25.6 Å². The van der Waals surface area contributed by atoms with Crippen LogP contribution >= 0.6 is 0 Å². The Kier molecular flexibility index (Phi) is 8.05. The Bertz CT molecular complexity index is 1000. The average molecular weight is 440 g/mol. The molecule has 172 valence electrons. The number of carbonyl (C=O) groups is 1. The highest BCUT2D eigenvalue weighted by Crippen LogP contribution is 2.26. The number of ether oxygens (including phenoxy) is 1. The molecule has 0 bridgehead atoms. The smallest absolute Gasteiger partial charge is 0.271 e. The molecule has 32 heavy (non-hydrogen) atoms. The van der Waals surface area contributed by atoms with Gasteiger partial charge in [-0.15, -0.1) is 0 Å². The molecule has 8 nitrogen and oxygen atoms in total. The standard InChI is InChI=1S/C24H33N5O3/c1-5-29(20-8-6-13-28(17-20)23(30)9-7-12-27(2)3)21-14-19(16-26-24(21)31)18-10-11-25-22(15-18)32-4/h7,9-11,14-16,20H,5-6,8,12-13,17H2,1-4H3,(H,26,31)/b9-7+/t20-/m1/s1. The van der Waals surface area contributed by atoms with Crippen LogP contribution in [0, 0.1) is 0 Å². The maximum Gasteiger partial charge on any atom is 0.271 e. The summed E-state index contributed by atoms with van der Waals surface area (Å²) in [7, 11) is 5.52. The first-order chi connectivity index (χ1) is 15.4.